The number of para-hydroxylation sites is 1. The number of nitrogens with two attached hydrogens (primary N) is 1. The lowest BCUT2D eigenvalue weighted by Crippen LogP contribution is -2.50. The van der Waals surface area contributed by atoms with E-state index in [9.17, 15) is 0 Å². The molecule has 2 heteroatoms. The van der Waals surface area contributed by atoms with Crippen LogP contribution in [0.2, 0.25) is 0 Å². The van der Waals surface area contributed by atoms with E-state index < -0.39 is 0 Å². The van der Waals surface area contributed by atoms with Gasteiger partial charge in [0, 0.05) is 12.2 Å². The maximum atomic E-state index is 6.04. The highest BCUT2D eigenvalue weighted by Crippen LogP contribution is 2.42. The second-order valence-electron chi connectivity index (χ2n) is 6.17. The van der Waals surface area contributed by atoms with Crippen LogP contribution >= 0.6 is 0 Å². The van der Waals surface area contributed by atoms with Gasteiger partial charge in [-0.05, 0) is 36.8 Å². The summed E-state index contributed by atoms with van der Waals surface area (Å²) in [5.41, 5.74) is 7.72. The number of rotatable bonds is 3. The van der Waals surface area contributed by atoms with Crippen molar-refractivity contribution in [3.05, 3.63) is 30.3 Å². The van der Waals surface area contributed by atoms with E-state index in [1.54, 1.807) is 0 Å². The van der Waals surface area contributed by atoms with Gasteiger partial charge in [-0.3, -0.25) is 0 Å². The first-order valence-corrected chi connectivity index (χ1v) is 6.59. The smallest absolute Gasteiger partial charge is 0.0500 e. The lowest BCUT2D eigenvalue weighted by Gasteiger charge is -2.45. The Morgan fingerprint density at radius 1 is 1.18 bits per heavy atom. The second kappa shape index (κ2) is 4.69. The van der Waals surface area contributed by atoms with Crippen molar-refractivity contribution >= 4 is 5.69 Å². The molecule has 0 bridgehead atoms. The number of benzene rings is 1. The molecule has 0 heterocycles. The summed E-state index contributed by atoms with van der Waals surface area (Å²) in [5.74, 6) is 0. The summed E-state index contributed by atoms with van der Waals surface area (Å²) < 4.78 is 0. The van der Waals surface area contributed by atoms with Gasteiger partial charge < -0.3 is 11.1 Å². The molecular formula is C15H24N2. The molecule has 0 aliphatic heterocycles. The molecule has 1 unspecified atom stereocenters. The van der Waals surface area contributed by atoms with Gasteiger partial charge in [0.25, 0.3) is 0 Å². The van der Waals surface area contributed by atoms with Crippen LogP contribution in [0, 0.1) is 5.41 Å². The Morgan fingerprint density at radius 2 is 1.88 bits per heavy atom. The van der Waals surface area contributed by atoms with Crippen molar-refractivity contribution in [1.29, 1.82) is 0 Å². The van der Waals surface area contributed by atoms with E-state index in [1.807, 2.05) is 6.07 Å². The third-order valence-corrected chi connectivity index (χ3v) is 3.90. The molecule has 17 heavy (non-hydrogen) atoms. The van der Waals surface area contributed by atoms with Crippen molar-refractivity contribution in [3.63, 3.8) is 0 Å². The van der Waals surface area contributed by atoms with Crippen molar-refractivity contribution < 1.29 is 0 Å². The average molecular weight is 232 g/mol. The molecule has 1 aromatic carbocycles. The lowest BCUT2D eigenvalue weighted by molar-refractivity contribution is 0.170. The third-order valence-electron chi connectivity index (χ3n) is 3.90. The minimum absolute atomic E-state index is 0.0864. The van der Waals surface area contributed by atoms with Gasteiger partial charge in [-0.15, -0.1) is 0 Å². The quantitative estimate of drug-likeness (QED) is 0.838. The van der Waals surface area contributed by atoms with Gasteiger partial charge in [-0.25, -0.2) is 0 Å². The molecule has 0 spiro atoms. The lowest BCUT2D eigenvalue weighted by atomic mass is 9.68. The maximum absolute atomic E-state index is 6.04. The van der Waals surface area contributed by atoms with Crippen LogP contribution in [0.4, 0.5) is 5.69 Å². The Hall–Kier alpha value is -1.02. The largest absolute Gasteiger partial charge is 0.378 e. The number of anilines is 1. The third kappa shape index (κ3) is 3.01. The number of nitrogens with one attached hydrogen (secondary N) is 1. The van der Waals surface area contributed by atoms with E-state index in [1.165, 1.54) is 24.9 Å². The van der Waals surface area contributed by atoms with E-state index >= 15 is 0 Å². The minimum atomic E-state index is 0.0864. The van der Waals surface area contributed by atoms with E-state index in [2.05, 4.69) is 43.4 Å². The summed E-state index contributed by atoms with van der Waals surface area (Å²) in [6, 6.07) is 10.4. The fourth-order valence-corrected chi connectivity index (χ4v) is 3.16. The van der Waals surface area contributed by atoms with Crippen LogP contribution in [0.3, 0.4) is 0 Å². The summed E-state index contributed by atoms with van der Waals surface area (Å²) in [5, 5.41) is 3.67. The molecule has 1 saturated carbocycles. The zero-order chi connectivity index (χ0) is 12.4. The normalized spacial score (nSPS) is 27.7. The summed E-state index contributed by atoms with van der Waals surface area (Å²) in [7, 11) is 0. The Kier molecular flexibility index (Phi) is 3.43. The van der Waals surface area contributed by atoms with Crippen molar-refractivity contribution in [1.82, 2.24) is 0 Å². The van der Waals surface area contributed by atoms with Crippen LogP contribution in [-0.2, 0) is 0 Å². The van der Waals surface area contributed by atoms with Crippen LogP contribution in [0.15, 0.2) is 30.3 Å². The molecule has 0 amide bonds. The predicted molar refractivity (Wildman–Crippen MR) is 74.1 cm³/mol. The minimum Gasteiger partial charge on any atom is -0.378 e. The molecule has 1 fully saturated rings. The van der Waals surface area contributed by atoms with Crippen molar-refractivity contribution in [2.45, 2.75) is 45.1 Å². The Labute approximate surface area is 105 Å². The molecule has 1 aromatic rings. The first kappa shape index (κ1) is 12.4. The molecule has 1 atom stereocenters. The highest BCUT2D eigenvalue weighted by Gasteiger charge is 2.38. The Morgan fingerprint density at radius 3 is 2.47 bits per heavy atom. The molecule has 0 aromatic heterocycles. The zero-order valence-electron chi connectivity index (χ0n) is 11.0. The average Bonchev–Trinajstić information content (AvgIpc) is 2.29. The zero-order valence-corrected chi connectivity index (χ0v) is 11.0. The fourth-order valence-electron chi connectivity index (χ4n) is 3.16. The van der Waals surface area contributed by atoms with E-state index in [-0.39, 0.29) is 5.54 Å². The molecule has 94 valence electrons. The highest BCUT2D eigenvalue weighted by molar-refractivity contribution is 5.45. The predicted octanol–water partition coefficient (Wildman–Crippen LogP) is 3.40. The van der Waals surface area contributed by atoms with Crippen LogP contribution in [0.5, 0.6) is 0 Å². The number of hydrogen-bond acceptors (Lipinski definition) is 2. The van der Waals surface area contributed by atoms with Gasteiger partial charge in [0.1, 0.15) is 0 Å². The van der Waals surface area contributed by atoms with Gasteiger partial charge in [-0.2, -0.15) is 0 Å². The van der Waals surface area contributed by atoms with Crippen LogP contribution in [0.1, 0.15) is 39.5 Å². The molecule has 2 rings (SSSR count). The summed E-state index contributed by atoms with van der Waals surface area (Å²) in [6.45, 7) is 5.41. The first-order valence-electron chi connectivity index (χ1n) is 6.59. The Balaban J connectivity index is 2.14. The molecule has 0 radical (unpaired) electrons. The van der Waals surface area contributed by atoms with Gasteiger partial charge in [-0.1, -0.05) is 38.5 Å². The van der Waals surface area contributed by atoms with Gasteiger partial charge in [0.05, 0.1) is 5.54 Å². The molecule has 1 aliphatic rings. The SMILES string of the molecule is CC1(C)CCCC(CN)(Nc2ccccc2)C1. The van der Waals surface area contributed by atoms with Gasteiger partial charge in [0.2, 0.25) is 0 Å². The summed E-state index contributed by atoms with van der Waals surface area (Å²) in [6.07, 6.45) is 4.92. The molecular weight excluding hydrogens is 208 g/mol. The van der Waals surface area contributed by atoms with Crippen LogP contribution in [0.25, 0.3) is 0 Å². The number of hydrogen-bond donors (Lipinski definition) is 2. The molecule has 3 N–H and O–H groups in total. The summed E-state index contributed by atoms with van der Waals surface area (Å²) >= 11 is 0. The second-order valence-corrected chi connectivity index (χ2v) is 6.17. The molecule has 1 aliphatic carbocycles. The van der Waals surface area contributed by atoms with E-state index in [0.29, 0.717) is 12.0 Å². The Bertz CT molecular complexity index is 358. The van der Waals surface area contributed by atoms with Crippen molar-refractivity contribution in [3.8, 4) is 0 Å². The standard InChI is InChI=1S/C15H24N2/c1-14(2)9-6-10-15(11-14,12-16)17-13-7-4-3-5-8-13/h3-5,7-8,17H,6,9-12,16H2,1-2H3. The van der Waals surface area contributed by atoms with Crippen molar-refractivity contribution in [2.24, 2.45) is 11.1 Å². The summed E-state index contributed by atoms with van der Waals surface area (Å²) in [4.78, 5) is 0. The highest BCUT2D eigenvalue weighted by atomic mass is 15.0. The van der Waals surface area contributed by atoms with Gasteiger partial charge >= 0.3 is 0 Å². The van der Waals surface area contributed by atoms with Crippen molar-refractivity contribution in [2.75, 3.05) is 11.9 Å². The van der Waals surface area contributed by atoms with Crippen LogP contribution < -0.4 is 11.1 Å². The first-order chi connectivity index (χ1) is 8.05. The topological polar surface area (TPSA) is 38.0 Å². The monoisotopic (exact) mass is 232 g/mol. The maximum Gasteiger partial charge on any atom is 0.0500 e. The van der Waals surface area contributed by atoms with E-state index in [0.717, 1.165) is 6.42 Å². The molecule has 2 nitrogen and oxygen atoms in total. The fraction of sp³-hybridized carbons (Fsp3) is 0.600. The van der Waals surface area contributed by atoms with E-state index in [4.69, 9.17) is 5.73 Å². The van der Waals surface area contributed by atoms with Gasteiger partial charge in [0.15, 0.2) is 0 Å². The molecule has 0 saturated heterocycles. The van der Waals surface area contributed by atoms with Crippen LogP contribution in [-0.4, -0.2) is 12.1 Å².